The van der Waals surface area contributed by atoms with Crippen molar-refractivity contribution in [1.82, 2.24) is 16.0 Å². The molecule has 0 aliphatic carbocycles. The number of amides is 3. The number of nitrogens with one attached hydrogen (secondary N) is 3. The number of nitrogens with two attached hydrogens (primary N) is 1. The number of aliphatic hydroxyl groups excluding tert-OH is 1. The van der Waals surface area contributed by atoms with Crippen LogP contribution >= 0.6 is 24.4 Å². The largest absolute Gasteiger partial charge is 0.480 e. The van der Waals surface area contributed by atoms with E-state index in [1.165, 1.54) is 0 Å². The second-order valence-corrected chi connectivity index (χ2v) is 7.79. The molecule has 28 heavy (non-hydrogen) atoms. The zero-order chi connectivity index (χ0) is 21.9. The summed E-state index contributed by atoms with van der Waals surface area (Å²) < 4.78 is 0. The molecule has 10 nitrogen and oxygen atoms in total. The molecule has 7 N–H and O–H groups in total. The van der Waals surface area contributed by atoms with Gasteiger partial charge in [-0.2, -0.15) is 24.4 Å². The van der Waals surface area contributed by atoms with Gasteiger partial charge in [-0.1, -0.05) is 13.8 Å². The van der Waals surface area contributed by atoms with Gasteiger partial charge in [-0.3, -0.25) is 14.4 Å². The summed E-state index contributed by atoms with van der Waals surface area (Å²) in [5.41, 5.74) is 5.80. The highest BCUT2D eigenvalue weighted by atomic mass is 32.2. The number of carbonyl (C=O) groups excluding carboxylic acids is 3. The van der Waals surface area contributed by atoms with Crippen LogP contribution in [-0.4, -0.2) is 82.4 Å². The Morgan fingerprint density at radius 1 is 1.04 bits per heavy atom. The molecule has 0 bridgehead atoms. The lowest BCUT2D eigenvalue weighted by Gasteiger charge is -2.26. The summed E-state index contributed by atoms with van der Waals surface area (Å²) in [5.74, 6) is -3.13. The average Bonchev–Trinajstić information content (AvgIpc) is 2.64. The van der Waals surface area contributed by atoms with Crippen LogP contribution in [-0.2, 0) is 19.2 Å². The van der Waals surface area contributed by atoms with Crippen molar-refractivity contribution in [2.45, 2.75) is 44.4 Å². The Morgan fingerprint density at radius 3 is 2.04 bits per heavy atom. The van der Waals surface area contributed by atoms with Crippen LogP contribution in [0.4, 0.5) is 0 Å². The zero-order valence-electron chi connectivity index (χ0n) is 16.2. The highest BCUT2D eigenvalue weighted by Gasteiger charge is 2.31. The summed E-state index contributed by atoms with van der Waals surface area (Å²) in [6.07, 6.45) is 2.33. The summed E-state index contributed by atoms with van der Waals surface area (Å²) >= 11 is 5.37. The maximum atomic E-state index is 12.5. The van der Waals surface area contributed by atoms with E-state index in [0.717, 1.165) is 0 Å². The van der Waals surface area contributed by atoms with Crippen molar-refractivity contribution in [2.24, 2.45) is 11.7 Å². The van der Waals surface area contributed by atoms with Crippen LogP contribution in [0.15, 0.2) is 0 Å². The summed E-state index contributed by atoms with van der Waals surface area (Å²) in [6.45, 7) is 2.66. The van der Waals surface area contributed by atoms with Crippen molar-refractivity contribution in [1.29, 1.82) is 0 Å². The lowest BCUT2D eigenvalue weighted by atomic mass is 10.0. The van der Waals surface area contributed by atoms with E-state index in [-0.39, 0.29) is 11.7 Å². The van der Waals surface area contributed by atoms with Crippen LogP contribution in [0.1, 0.15) is 20.3 Å². The highest BCUT2D eigenvalue weighted by Crippen LogP contribution is 2.05. The molecule has 162 valence electrons. The molecule has 0 aromatic carbocycles. The topological polar surface area (TPSA) is 171 Å². The lowest BCUT2D eigenvalue weighted by molar-refractivity contribution is -0.142. The van der Waals surface area contributed by atoms with Crippen molar-refractivity contribution in [3.05, 3.63) is 0 Å². The number of thiol groups is 1. The molecule has 0 unspecified atom stereocenters. The number of aliphatic carboxylic acids is 1. The number of aliphatic hydroxyl groups is 1. The van der Waals surface area contributed by atoms with Crippen molar-refractivity contribution in [2.75, 3.05) is 24.4 Å². The first kappa shape index (κ1) is 26.5. The monoisotopic (exact) mass is 438 g/mol. The van der Waals surface area contributed by atoms with Gasteiger partial charge in [0.25, 0.3) is 0 Å². The molecule has 0 aliphatic rings. The fourth-order valence-corrected chi connectivity index (χ4v) is 2.82. The van der Waals surface area contributed by atoms with E-state index >= 15 is 0 Å². The number of hydrogen-bond donors (Lipinski definition) is 7. The molecule has 0 radical (unpaired) electrons. The van der Waals surface area contributed by atoms with E-state index in [9.17, 15) is 24.3 Å². The SMILES string of the molecule is CSCC[C@H](N)C(=O)N[C@H](C(=O)N[C@@H](CO)C(=O)N[C@@H](CS)C(=O)O)C(C)C. The minimum atomic E-state index is -1.38. The van der Waals surface area contributed by atoms with Gasteiger partial charge in [0.1, 0.15) is 18.1 Å². The molecule has 0 saturated carbocycles. The number of rotatable bonds is 13. The minimum Gasteiger partial charge on any atom is -0.480 e. The molecular formula is C16H30N4O6S2. The molecular weight excluding hydrogens is 408 g/mol. The first-order valence-electron chi connectivity index (χ1n) is 8.69. The van der Waals surface area contributed by atoms with E-state index in [4.69, 9.17) is 10.8 Å². The van der Waals surface area contributed by atoms with Crippen molar-refractivity contribution in [3.8, 4) is 0 Å². The Hall–Kier alpha value is -1.50. The molecule has 3 amide bonds. The number of hydrogen-bond acceptors (Lipinski definition) is 8. The summed E-state index contributed by atoms with van der Waals surface area (Å²) in [4.78, 5) is 47.8. The fraction of sp³-hybridized carbons (Fsp3) is 0.750. The third kappa shape index (κ3) is 9.13. The molecule has 0 heterocycles. The molecule has 0 aromatic heterocycles. The third-order valence-electron chi connectivity index (χ3n) is 3.83. The smallest absolute Gasteiger partial charge is 0.327 e. The normalized spacial score (nSPS) is 15.2. The van der Waals surface area contributed by atoms with Crippen LogP contribution in [0.5, 0.6) is 0 Å². The Bertz CT molecular complexity index is 549. The first-order valence-corrected chi connectivity index (χ1v) is 10.7. The van der Waals surface area contributed by atoms with Crippen molar-refractivity contribution >= 4 is 48.1 Å². The van der Waals surface area contributed by atoms with E-state index < -0.39 is 54.5 Å². The van der Waals surface area contributed by atoms with E-state index in [2.05, 4.69) is 28.6 Å². The molecule has 0 fully saturated rings. The number of thioether (sulfide) groups is 1. The third-order valence-corrected chi connectivity index (χ3v) is 4.84. The Kier molecular flexibility index (Phi) is 12.9. The van der Waals surface area contributed by atoms with E-state index in [1.807, 2.05) is 6.26 Å². The molecule has 0 aromatic rings. The van der Waals surface area contributed by atoms with E-state index in [0.29, 0.717) is 12.2 Å². The predicted molar refractivity (Wildman–Crippen MR) is 110 cm³/mol. The van der Waals surface area contributed by atoms with Gasteiger partial charge in [-0.25, -0.2) is 4.79 Å². The second kappa shape index (κ2) is 13.6. The first-order chi connectivity index (χ1) is 13.1. The average molecular weight is 439 g/mol. The van der Waals surface area contributed by atoms with Gasteiger partial charge in [0.2, 0.25) is 17.7 Å². The van der Waals surface area contributed by atoms with Crippen LogP contribution in [0.2, 0.25) is 0 Å². The van der Waals surface area contributed by atoms with Crippen LogP contribution in [0.3, 0.4) is 0 Å². The maximum Gasteiger partial charge on any atom is 0.327 e. The van der Waals surface area contributed by atoms with E-state index in [1.54, 1.807) is 25.6 Å². The standard InChI is InChI=1S/C16H30N4O6S2/c1-8(2)12(20-13(22)9(17)4-5-28-3)15(24)18-10(6-21)14(23)19-11(7-27)16(25)26/h8-12,21,27H,4-7,17H2,1-3H3,(H,18,24)(H,19,23)(H,20,22)(H,25,26)/t9-,10-,11-,12-/m0/s1. The van der Waals surface area contributed by atoms with Gasteiger partial charge in [0.05, 0.1) is 12.6 Å². The Morgan fingerprint density at radius 2 is 1.61 bits per heavy atom. The van der Waals surface area contributed by atoms with Crippen molar-refractivity contribution < 1.29 is 29.4 Å². The van der Waals surface area contributed by atoms with Crippen LogP contribution in [0.25, 0.3) is 0 Å². The second-order valence-electron chi connectivity index (χ2n) is 6.44. The maximum absolute atomic E-state index is 12.5. The summed E-state index contributed by atoms with van der Waals surface area (Å²) in [7, 11) is 0. The number of carboxylic acids is 1. The molecule has 0 aliphatic heterocycles. The van der Waals surface area contributed by atoms with Crippen molar-refractivity contribution in [3.63, 3.8) is 0 Å². The summed E-state index contributed by atoms with van der Waals surface area (Å²) in [5, 5.41) is 25.4. The molecule has 4 atom stereocenters. The Labute approximate surface area is 174 Å². The summed E-state index contributed by atoms with van der Waals surface area (Å²) in [6, 6.07) is -4.39. The molecule has 0 spiro atoms. The Balaban J connectivity index is 5.02. The fourth-order valence-electron chi connectivity index (χ4n) is 2.08. The molecule has 0 rings (SSSR count). The highest BCUT2D eigenvalue weighted by molar-refractivity contribution is 7.98. The van der Waals surface area contributed by atoms with Gasteiger partial charge in [-0.05, 0) is 24.3 Å². The van der Waals surface area contributed by atoms with Gasteiger partial charge in [-0.15, -0.1) is 0 Å². The molecule has 12 heteroatoms. The molecule has 0 saturated heterocycles. The predicted octanol–water partition coefficient (Wildman–Crippen LogP) is -1.82. The lowest BCUT2D eigenvalue weighted by Crippen LogP contribution is -2.59. The number of carboxylic acid groups (broad SMARTS) is 1. The van der Waals surface area contributed by atoms with Crippen LogP contribution < -0.4 is 21.7 Å². The quantitative estimate of drug-likeness (QED) is 0.165. The van der Waals surface area contributed by atoms with Gasteiger partial charge in [0, 0.05) is 5.75 Å². The van der Waals surface area contributed by atoms with Gasteiger partial charge in [0.15, 0.2) is 0 Å². The van der Waals surface area contributed by atoms with Crippen LogP contribution in [0, 0.1) is 5.92 Å². The van der Waals surface area contributed by atoms with Gasteiger partial charge < -0.3 is 31.9 Å². The van der Waals surface area contributed by atoms with Gasteiger partial charge >= 0.3 is 5.97 Å². The minimum absolute atomic E-state index is 0.161. The zero-order valence-corrected chi connectivity index (χ0v) is 17.9. The number of carbonyl (C=O) groups is 4.